The van der Waals surface area contributed by atoms with Crippen LogP contribution in [0.5, 0.6) is 0 Å². The maximum Gasteiger partial charge on any atom is 0.435 e. The van der Waals surface area contributed by atoms with Crippen molar-refractivity contribution in [1.29, 1.82) is 0 Å². The Morgan fingerprint density at radius 3 is 2.50 bits per heavy atom. The predicted octanol–water partition coefficient (Wildman–Crippen LogP) is 4.92. The summed E-state index contributed by atoms with van der Waals surface area (Å²) in [6, 6.07) is 1.03. The lowest BCUT2D eigenvalue weighted by Crippen LogP contribution is -2.18. The Kier molecular flexibility index (Phi) is 8.01. The van der Waals surface area contributed by atoms with Crippen LogP contribution in [0.4, 0.5) is 18.2 Å². The first-order valence-electron chi connectivity index (χ1n) is 11.0. The minimum Gasteiger partial charge on any atom is -0.462 e. The van der Waals surface area contributed by atoms with E-state index in [1.54, 1.807) is 13.8 Å². The number of carbonyl (C=O) groups is 3. The molecule has 0 spiro atoms. The van der Waals surface area contributed by atoms with Crippen molar-refractivity contribution in [1.82, 2.24) is 9.78 Å². The number of hydrogen-bond donors (Lipinski definition) is 1. The van der Waals surface area contributed by atoms with E-state index in [2.05, 4.69) is 10.4 Å². The van der Waals surface area contributed by atoms with Gasteiger partial charge in [-0.25, -0.2) is 9.59 Å². The number of nitrogens with zero attached hydrogens (tertiary/aromatic N) is 2. The van der Waals surface area contributed by atoms with Gasteiger partial charge in [-0.05, 0) is 44.7 Å². The van der Waals surface area contributed by atoms with Crippen LogP contribution in [0.2, 0.25) is 0 Å². The van der Waals surface area contributed by atoms with Crippen molar-refractivity contribution in [2.75, 3.05) is 18.5 Å². The van der Waals surface area contributed by atoms with Crippen LogP contribution < -0.4 is 5.32 Å². The molecule has 34 heavy (non-hydrogen) atoms. The van der Waals surface area contributed by atoms with Crippen molar-refractivity contribution in [3.8, 4) is 0 Å². The molecule has 2 heterocycles. The summed E-state index contributed by atoms with van der Waals surface area (Å²) in [4.78, 5) is 37.7. The van der Waals surface area contributed by atoms with Crippen LogP contribution in [0.3, 0.4) is 0 Å². The van der Waals surface area contributed by atoms with E-state index in [9.17, 15) is 27.6 Å². The summed E-state index contributed by atoms with van der Waals surface area (Å²) in [5.41, 5.74) is -0.131. The topological polar surface area (TPSA) is 99.5 Å². The quantitative estimate of drug-likeness (QED) is 0.464. The Bertz CT molecular complexity index is 1070. The smallest absolute Gasteiger partial charge is 0.435 e. The third kappa shape index (κ3) is 5.96. The number of rotatable bonds is 10. The summed E-state index contributed by atoms with van der Waals surface area (Å²) in [5.74, 6) is -1.83. The van der Waals surface area contributed by atoms with Crippen LogP contribution >= 0.6 is 11.3 Å². The van der Waals surface area contributed by atoms with Crippen LogP contribution in [0.15, 0.2) is 6.07 Å². The summed E-state index contributed by atoms with van der Waals surface area (Å²) < 4.78 is 50.7. The number of hydrogen-bond acceptors (Lipinski definition) is 7. The molecule has 2 aromatic heterocycles. The zero-order chi connectivity index (χ0) is 25.0. The second-order valence-corrected chi connectivity index (χ2v) is 8.89. The Morgan fingerprint density at radius 1 is 1.21 bits per heavy atom. The van der Waals surface area contributed by atoms with Crippen molar-refractivity contribution in [2.24, 2.45) is 0 Å². The highest BCUT2D eigenvalue weighted by molar-refractivity contribution is 7.18. The van der Waals surface area contributed by atoms with E-state index in [-0.39, 0.29) is 47.5 Å². The SMILES string of the molecule is CCCOC(=O)c1c(NC(=O)CCn2nc(C(F)(F)F)cc2C2CC2)sc(C(=O)OCC)c1C. The highest BCUT2D eigenvalue weighted by atomic mass is 32.1. The normalized spacial score (nSPS) is 13.6. The molecule has 1 N–H and O–H groups in total. The summed E-state index contributed by atoms with van der Waals surface area (Å²) >= 11 is 0.893. The van der Waals surface area contributed by atoms with E-state index in [0.717, 1.165) is 30.2 Å². The second kappa shape index (κ2) is 10.6. The summed E-state index contributed by atoms with van der Waals surface area (Å²) in [5, 5.41) is 6.38. The molecule has 8 nitrogen and oxygen atoms in total. The molecule has 0 unspecified atom stereocenters. The third-order valence-corrected chi connectivity index (χ3v) is 6.34. The summed E-state index contributed by atoms with van der Waals surface area (Å²) in [6.07, 6.45) is -2.59. The van der Waals surface area contributed by atoms with E-state index >= 15 is 0 Å². The molecular formula is C22H26F3N3O5S. The number of carbonyl (C=O) groups excluding carboxylic acids is 3. The number of anilines is 1. The molecule has 1 amide bonds. The first-order chi connectivity index (χ1) is 16.1. The lowest BCUT2D eigenvalue weighted by Gasteiger charge is -2.09. The number of nitrogens with one attached hydrogen (secondary N) is 1. The largest absolute Gasteiger partial charge is 0.462 e. The lowest BCUT2D eigenvalue weighted by atomic mass is 10.1. The fraction of sp³-hybridized carbons (Fsp3) is 0.545. The van der Waals surface area contributed by atoms with E-state index in [4.69, 9.17) is 9.47 Å². The van der Waals surface area contributed by atoms with Crippen LogP contribution in [0.1, 0.15) is 82.4 Å². The first kappa shape index (κ1) is 25.7. The molecular weight excluding hydrogens is 475 g/mol. The van der Waals surface area contributed by atoms with E-state index in [1.807, 2.05) is 6.92 Å². The molecule has 12 heteroatoms. The van der Waals surface area contributed by atoms with E-state index in [0.29, 0.717) is 17.7 Å². The van der Waals surface area contributed by atoms with Crippen molar-refractivity contribution < 1.29 is 37.0 Å². The summed E-state index contributed by atoms with van der Waals surface area (Å²) in [6.45, 7) is 5.29. The molecule has 0 atom stereocenters. The van der Waals surface area contributed by atoms with Crippen molar-refractivity contribution >= 4 is 34.2 Å². The fourth-order valence-electron chi connectivity index (χ4n) is 3.36. The number of thiophene rings is 1. The maximum absolute atomic E-state index is 13.1. The fourth-order valence-corrected chi connectivity index (χ4v) is 4.46. The number of ether oxygens (including phenoxy) is 2. The molecule has 1 saturated carbocycles. The van der Waals surface area contributed by atoms with Gasteiger partial charge in [0.05, 0.1) is 18.8 Å². The van der Waals surface area contributed by atoms with E-state index in [1.165, 1.54) is 4.68 Å². The number of halogens is 3. The molecule has 1 aliphatic carbocycles. The minimum atomic E-state index is -4.57. The maximum atomic E-state index is 13.1. The molecule has 0 aromatic carbocycles. The Balaban J connectivity index is 1.77. The molecule has 186 valence electrons. The molecule has 1 fully saturated rings. The van der Waals surface area contributed by atoms with Gasteiger partial charge in [-0.15, -0.1) is 11.3 Å². The predicted molar refractivity (Wildman–Crippen MR) is 118 cm³/mol. The lowest BCUT2D eigenvalue weighted by molar-refractivity contribution is -0.141. The summed E-state index contributed by atoms with van der Waals surface area (Å²) in [7, 11) is 0. The van der Waals surface area contributed by atoms with Crippen molar-refractivity contribution in [2.45, 2.75) is 65.1 Å². The highest BCUT2D eigenvalue weighted by Crippen LogP contribution is 2.42. The molecule has 0 aliphatic heterocycles. The van der Waals surface area contributed by atoms with Gasteiger partial charge in [0.1, 0.15) is 9.88 Å². The number of aryl methyl sites for hydroxylation is 1. The molecule has 1 aliphatic rings. The van der Waals surface area contributed by atoms with Gasteiger partial charge in [0.15, 0.2) is 5.69 Å². The van der Waals surface area contributed by atoms with Gasteiger partial charge in [-0.1, -0.05) is 6.92 Å². The average Bonchev–Trinajstić information content (AvgIpc) is 3.43. The number of amides is 1. The van der Waals surface area contributed by atoms with Crippen molar-refractivity contribution in [3.63, 3.8) is 0 Å². The van der Waals surface area contributed by atoms with Crippen molar-refractivity contribution in [3.05, 3.63) is 33.5 Å². The van der Waals surface area contributed by atoms with Crippen LogP contribution in [-0.4, -0.2) is 40.8 Å². The van der Waals surface area contributed by atoms with E-state index < -0.39 is 29.7 Å². The zero-order valence-corrected chi connectivity index (χ0v) is 19.9. The van der Waals surface area contributed by atoms with Crippen LogP contribution in [-0.2, 0) is 27.0 Å². The molecule has 3 rings (SSSR count). The highest BCUT2D eigenvalue weighted by Gasteiger charge is 2.38. The van der Waals surface area contributed by atoms with Crippen LogP contribution in [0, 0.1) is 6.92 Å². The van der Waals surface area contributed by atoms with Gasteiger partial charge in [-0.2, -0.15) is 18.3 Å². The van der Waals surface area contributed by atoms with Gasteiger partial charge in [0.25, 0.3) is 0 Å². The second-order valence-electron chi connectivity index (χ2n) is 7.86. The Hall–Kier alpha value is -2.89. The number of alkyl halides is 3. The number of esters is 2. The Morgan fingerprint density at radius 2 is 1.91 bits per heavy atom. The van der Waals surface area contributed by atoms with Crippen LogP contribution in [0.25, 0.3) is 0 Å². The third-order valence-electron chi connectivity index (χ3n) is 5.15. The standard InChI is InChI=1S/C22H26F3N3O5S/c1-4-10-33-20(30)17-12(3)18(21(31)32-5-2)34-19(17)26-16(29)8-9-28-14(13-6-7-13)11-15(27-28)22(23,24)25/h11,13H,4-10H2,1-3H3,(H,26,29). The monoisotopic (exact) mass is 501 g/mol. The molecule has 0 bridgehead atoms. The molecule has 0 saturated heterocycles. The minimum absolute atomic E-state index is 0.0127. The first-order valence-corrected chi connectivity index (χ1v) is 11.8. The number of aromatic nitrogens is 2. The van der Waals surface area contributed by atoms with Gasteiger partial charge in [0.2, 0.25) is 5.91 Å². The van der Waals surface area contributed by atoms with Gasteiger partial charge >= 0.3 is 18.1 Å². The van der Waals surface area contributed by atoms with Gasteiger partial charge in [0, 0.05) is 24.6 Å². The molecule has 0 radical (unpaired) electrons. The van der Waals surface area contributed by atoms with Gasteiger partial charge < -0.3 is 14.8 Å². The average molecular weight is 502 g/mol. The zero-order valence-electron chi connectivity index (χ0n) is 19.1. The molecule has 2 aromatic rings. The Labute approximate surface area is 198 Å². The van der Waals surface area contributed by atoms with Gasteiger partial charge in [-0.3, -0.25) is 9.48 Å².